The first kappa shape index (κ1) is 14.6. The minimum atomic E-state index is -0.917. The fraction of sp³-hybridized carbons (Fsp3) is 0.0588. The summed E-state index contributed by atoms with van der Waals surface area (Å²) in [6.07, 6.45) is 0. The van der Waals surface area contributed by atoms with Gasteiger partial charge in [-0.3, -0.25) is 0 Å². The van der Waals surface area contributed by atoms with Gasteiger partial charge >= 0.3 is 11.6 Å². The first-order valence-corrected chi connectivity index (χ1v) is 6.72. The highest BCUT2D eigenvalue weighted by molar-refractivity contribution is 5.94. The average Bonchev–Trinajstić information content (AvgIpc) is 2.57. The van der Waals surface area contributed by atoms with Gasteiger partial charge in [0, 0.05) is 0 Å². The number of phenols is 1. The van der Waals surface area contributed by atoms with Crippen molar-refractivity contribution in [2.45, 2.75) is 0 Å². The molecule has 0 saturated heterocycles. The van der Waals surface area contributed by atoms with Crippen LogP contribution < -0.4 is 15.1 Å². The highest BCUT2D eigenvalue weighted by Gasteiger charge is 2.21. The van der Waals surface area contributed by atoms with E-state index in [1.807, 2.05) is 0 Å². The van der Waals surface area contributed by atoms with E-state index in [0.717, 1.165) is 0 Å². The number of fused-ring (bicyclic) bond motifs is 1. The van der Waals surface area contributed by atoms with Crippen LogP contribution in [0.5, 0.6) is 17.2 Å². The van der Waals surface area contributed by atoms with Crippen molar-refractivity contribution in [1.82, 2.24) is 0 Å². The van der Waals surface area contributed by atoms with Crippen molar-refractivity contribution < 1.29 is 23.8 Å². The van der Waals surface area contributed by atoms with Crippen LogP contribution in [0, 0.1) is 0 Å². The van der Waals surface area contributed by atoms with Gasteiger partial charge in [0.25, 0.3) is 5.75 Å². The van der Waals surface area contributed by atoms with Crippen molar-refractivity contribution in [1.29, 1.82) is 0 Å². The van der Waals surface area contributed by atoms with E-state index in [9.17, 15) is 14.7 Å². The normalized spacial score (nSPS) is 10.5. The van der Waals surface area contributed by atoms with Crippen molar-refractivity contribution in [3.05, 3.63) is 64.5 Å². The lowest BCUT2D eigenvalue weighted by atomic mass is 10.2. The minimum absolute atomic E-state index is 0.0245. The van der Waals surface area contributed by atoms with Crippen molar-refractivity contribution in [2.24, 2.45) is 0 Å². The number of methoxy groups -OCH3 is 1. The van der Waals surface area contributed by atoms with Crippen molar-refractivity contribution >= 4 is 16.9 Å². The zero-order valence-electron chi connectivity index (χ0n) is 12.1. The molecule has 0 aliphatic rings. The number of phenolic OH excluding ortho intramolecular Hbond substituents is 1. The van der Waals surface area contributed by atoms with Gasteiger partial charge in [-0.1, -0.05) is 24.3 Å². The van der Waals surface area contributed by atoms with E-state index in [2.05, 4.69) is 0 Å². The molecule has 1 aromatic heterocycles. The van der Waals surface area contributed by atoms with Gasteiger partial charge in [0.2, 0.25) is 0 Å². The number of hydrogen-bond acceptors (Lipinski definition) is 6. The fourth-order valence-electron chi connectivity index (χ4n) is 2.18. The first-order chi connectivity index (χ1) is 11.1. The van der Waals surface area contributed by atoms with Gasteiger partial charge in [-0.05, 0) is 24.3 Å². The van der Waals surface area contributed by atoms with Crippen LogP contribution in [0.2, 0.25) is 0 Å². The van der Waals surface area contributed by atoms with Crippen LogP contribution in [0.1, 0.15) is 10.4 Å². The summed E-state index contributed by atoms with van der Waals surface area (Å²) in [4.78, 5) is 24.2. The van der Waals surface area contributed by atoms with E-state index in [4.69, 9.17) is 13.9 Å². The quantitative estimate of drug-likeness (QED) is 0.591. The van der Waals surface area contributed by atoms with E-state index in [1.165, 1.54) is 13.2 Å². The molecule has 0 unspecified atom stereocenters. The molecule has 0 amide bonds. The molecule has 116 valence electrons. The number of ether oxygens (including phenoxy) is 2. The molecular formula is C17H12O6. The Balaban J connectivity index is 2.13. The van der Waals surface area contributed by atoms with Crippen LogP contribution in [0.4, 0.5) is 0 Å². The Hall–Kier alpha value is -3.28. The summed E-state index contributed by atoms with van der Waals surface area (Å²) in [7, 11) is 1.33. The monoisotopic (exact) mass is 312 g/mol. The predicted molar refractivity (Wildman–Crippen MR) is 82.1 cm³/mol. The van der Waals surface area contributed by atoms with Gasteiger partial charge in [0.15, 0.2) is 17.1 Å². The zero-order valence-corrected chi connectivity index (χ0v) is 12.1. The SMILES string of the molecule is COc1c(OC(=O)c2ccccc2)c(=O)oc2c(O)cccc12. The number of rotatable bonds is 3. The molecule has 6 heteroatoms. The summed E-state index contributed by atoms with van der Waals surface area (Å²) in [6.45, 7) is 0. The van der Waals surface area contributed by atoms with Gasteiger partial charge in [0.1, 0.15) is 0 Å². The van der Waals surface area contributed by atoms with E-state index < -0.39 is 11.6 Å². The van der Waals surface area contributed by atoms with Crippen LogP contribution in [0.15, 0.2) is 57.7 Å². The smallest absolute Gasteiger partial charge is 0.383 e. The third kappa shape index (κ3) is 2.62. The van der Waals surface area contributed by atoms with E-state index in [-0.39, 0.29) is 28.4 Å². The summed E-state index contributed by atoms with van der Waals surface area (Å²) in [6, 6.07) is 12.7. The first-order valence-electron chi connectivity index (χ1n) is 6.72. The van der Waals surface area contributed by atoms with E-state index in [1.54, 1.807) is 42.5 Å². The Bertz CT molecular complexity index is 927. The molecule has 0 atom stereocenters. The number of carbonyl (C=O) groups excluding carboxylic acids is 1. The summed E-state index contributed by atoms with van der Waals surface area (Å²) in [5.74, 6) is -1.26. The van der Waals surface area contributed by atoms with Gasteiger partial charge in [-0.15, -0.1) is 0 Å². The van der Waals surface area contributed by atoms with E-state index >= 15 is 0 Å². The number of para-hydroxylation sites is 1. The number of esters is 1. The third-order valence-corrected chi connectivity index (χ3v) is 3.23. The number of aromatic hydroxyl groups is 1. The Labute approximate surface area is 130 Å². The van der Waals surface area contributed by atoms with Gasteiger partial charge in [-0.2, -0.15) is 0 Å². The molecule has 0 spiro atoms. The van der Waals surface area contributed by atoms with Gasteiger partial charge in [-0.25, -0.2) is 9.59 Å². The van der Waals surface area contributed by atoms with Crippen LogP contribution in [0.25, 0.3) is 11.0 Å². The Morgan fingerprint density at radius 3 is 2.48 bits per heavy atom. The third-order valence-electron chi connectivity index (χ3n) is 3.23. The maximum Gasteiger partial charge on any atom is 0.383 e. The molecule has 0 saturated carbocycles. The lowest BCUT2D eigenvalue weighted by Gasteiger charge is -2.10. The molecule has 1 N–H and O–H groups in total. The zero-order chi connectivity index (χ0) is 16.4. The van der Waals surface area contributed by atoms with Crippen molar-refractivity contribution in [2.75, 3.05) is 7.11 Å². The van der Waals surface area contributed by atoms with Crippen LogP contribution in [0.3, 0.4) is 0 Å². The fourth-order valence-corrected chi connectivity index (χ4v) is 2.18. The number of hydrogen-bond donors (Lipinski definition) is 1. The molecule has 0 fully saturated rings. The second-order valence-electron chi connectivity index (χ2n) is 4.66. The topological polar surface area (TPSA) is 86.0 Å². The maximum atomic E-state index is 12.1. The molecule has 0 aliphatic carbocycles. The highest BCUT2D eigenvalue weighted by Crippen LogP contribution is 2.36. The number of carbonyl (C=O) groups is 1. The lowest BCUT2D eigenvalue weighted by molar-refractivity contribution is 0.0723. The molecule has 0 radical (unpaired) electrons. The highest BCUT2D eigenvalue weighted by atomic mass is 16.6. The molecule has 6 nitrogen and oxygen atoms in total. The van der Waals surface area contributed by atoms with Gasteiger partial charge in [0.05, 0.1) is 18.1 Å². The Morgan fingerprint density at radius 2 is 1.78 bits per heavy atom. The average molecular weight is 312 g/mol. The van der Waals surface area contributed by atoms with E-state index in [0.29, 0.717) is 5.39 Å². The molecule has 0 bridgehead atoms. The summed E-state index contributed by atoms with van der Waals surface area (Å²) >= 11 is 0. The molecule has 2 aromatic carbocycles. The summed E-state index contributed by atoms with van der Waals surface area (Å²) in [5, 5.41) is 10.1. The summed E-state index contributed by atoms with van der Waals surface area (Å²) in [5.41, 5.74) is -0.668. The molecule has 0 aliphatic heterocycles. The molecular weight excluding hydrogens is 300 g/mol. The Morgan fingerprint density at radius 1 is 1.04 bits per heavy atom. The van der Waals surface area contributed by atoms with Crippen molar-refractivity contribution in [3.8, 4) is 17.2 Å². The molecule has 1 heterocycles. The Kier molecular flexibility index (Phi) is 3.72. The van der Waals surface area contributed by atoms with Crippen LogP contribution in [-0.2, 0) is 0 Å². The lowest BCUT2D eigenvalue weighted by Crippen LogP contribution is -2.15. The minimum Gasteiger partial charge on any atom is -0.504 e. The second kappa shape index (κ2) is 5.84. The van der Waals surface area contributed by atoms with Crippen LogP contribution >= 0.6 is 0 Å². The molecule has 3 aromatic rings. The van der Waals surface area contributed by atoms with Crippen molar-refractivity contribution in [3.63, 3.8) is 0 Å². The van der Waals surface area contributed by atoms with Crippen LogP contribution in [-0.4, -0.2) is 18.2 Å². The predicted octanol–water partition coefficient (Wildman–Crippen LogP) is 2.73. The maximum absolute atomic E-state index is 12.1. The second-order valence-corrected chi connectivity index (χ2v) is 4.66. The largest absolute Gasteiger partial charge is 0.504 e. The standard InChI is InChI=1S/C17H12O6/c1-21-14-11-8-5-9-12(18)13(11)22-17(20)15(14)23-16(19)10-6-3-2-4-7-10/h2-9,18H,1H3. The number of benzene rings is 2. The summed E-state index contributed by atoms with van der Waals surface area (Å²) < 4.78 is 15.4. The molecule has 23 heavy (non-hydrogen) atoms. The molecule has 3 rings (SSSR count). The van der Waals surface area contributed by atoms with Gasteiger partial charge < -0.3 is 19.0 Å².